The minimum absolute atomic E-state index is 0.177. The van der Waals surface area contributed by atoms with Crippen molar-refractivity contribution in [2.45, 2.75) is 24.7 Å². The second-order valence-corrected chi connectivity index (χ2v) is 7.48. The van der Waals surface area contributed by atoms with Crippen LogP contribution in [0.1, 0.15) is 17.0 Å². The first-order valence-corrected chi connectivity index (χ1v) is 9.86. The van der Waals surface area contributed by atoms with Crippen LogP contribution in [0.5, 0.6) is 0 Å². The molecule has 0 aliphatic carbocycles. The molecule has 1 aromatic heterocycles. The standard InChI is InChI=1S/C21H25FN2O5/c22-15-3-1-14(2-4-15)18-5-6-19(29-18)21(27)24-8-7-17(25)20(26)16(13-24)23-9-11-28-12-10-23/h1-6,16-17,20,25-26H,7-13H2/t16-,17-,20+/m1/s1. The van der Waals surface area contributed by atoms with E-state index in [1.807, 2.05) is 0 Å². The number of aliphatic hydroxyl groups excluding tert-OH is 2. The average Bonchev–Trinajstić information content (AvgIpc) is 3.18. The van der Waals surface area contributed by atoms with E-state index in [0.29, 0.717) is 57.1 Å². The lowest BCUT2D eigenvalue weighted by Gasteiger charge is -2.38. The molecule has 2 N–H and O–H groups in total. The number of furan rings is 1. The Morgan fingerprint density at radius 2 is 1.76 bits per heavy atom. The second kappa shape index (κ2) is 8.62. The molecule has 156 valence electrons. The number of carbonyl (C=O) groups is 1. The van der Waals surface area contributed by atoms with E-state index in [2.05, 4.69) is 4.90 Å². The largest absolute Gasteiger partial charge is 0.451 e. The monoisotopic (exact) mass is 404 g/mol. The van der Waals surface area contributed by atoms with E-state index in [1.165, 1.54) is 12.1 Å². The van der Waals surface area contributed by atoms with E-state index >= 15 is 0 Å². The summed E-state index contributed by atoms with van der Waals surface area (Å²) in [4.78, 5) is 16.7. The highest BCUT2D eigenvalue weighted by Gasteiger charge is 2.38. The topological polar surface area (TPSA) is 86.4 Å². The van der Waals surface area contributed by atoms with E-state index in [9.17, 15) is 19.4 Å². The third-order valence-corrected chi connectivity index (χ3v) is 5.64. The number of rotatable bonds is 3. The Bertz CT molecular complexity index is 834. The molecule has 29 heavy (non-hydrogen) atoms. The molecule has 2 aliphatic rings. The van der Waals surface area contributed by atoms with Crippen LogP contribution in [0.15, 0.2) is 40.8 Å². The number of ether oxygens (including phenoxy) is 1. The third kappa shape index (κ3) is 4.35. The van der Waals surface area contributed by atoms with Crippen molar-refractivity contribution in [3.05, 3.63) is 48.0 Å². The van der Waals surface area contributed by atoms with Crippen LogP contribution in [0, 0.1) is 5.82 Å². The molecule has 4 rings (SSSR count). The number of hydrogen-bond acceptors (Lipinski definition) is 6. The Morgan fingerprint density at radius 1 is 1.03 bits per heavy atom. The zero-order chi connectivity index (χ0) is 20.4. The number of nitrogens with zero attached hydrogens (tertiary/aromatic N) is 2. The van der Waals surface area contributed by atoms with Crippen LogP contribution in [-0.2, 0) is 4.74 Å². The highest BCUT2D eigenvalue weighted by Crippen LogP contribution is 2.25. The average molecular weight is 404 g/mol. The first-order valence-electron chi connectivity index (χ1n) is 9.86. The van der Waals surface area contributed by atoms with Crippen LogP contribution in [0.25, 0.3) is 11.3 Å². The normalized spacial score (nSPS) is 26.3. The maximum absolute atomic E-state index is 13.1. The van der Waals surface area contributed by atoms with Gasteiger partial charge in [0.15, 0.2) is 5.76 Å². The molecule has 3 heterocycles. The highest BCUT2D eigenvalue weighted by atomic mass is 19.1. The zero-order valence-electron chi connectivity index (χ0n) is 16.0. The van der Waals surface area contributed by atoms with Gasteiger partial charge in [-0.2, -0.15) is 0 Å². The minimum Gasteiger partial charge on any atom is -0.451 e. The summed E-state index contributed by atoms with van der Waals surface area (Å²) in [5, 5.41) is 20.9. The van der Waals surface area contributed by atoms with Gasteiger partial charge in [-0.15, -0.1) is 0 Å². The number of amides is 1. The predicted molar refractivity (Wildman–Crippen MR) is 103 cm³/mol. The number of hydrogen-bond donors (Lipinski definition) is 2. The number of halogens is 1. The number of likely N-dealkylation sites (tertiary alicyclic amines) is 1. The molecule has 0 radical (unpaired) electrons. The molecule has 0 saturated carbocycles. The van der Waals surface area contributed by atoms with Crippen LogP contribution >= 0.6 is 0 Å². The lowest BCUT2D eigenvalue weighted by atomic mass is 10.0. The molecule has 2 fully saturated rings. The fraction of sp³-hybridized carbons (Fsp3) is 0.476. The van der Waals surface area contributed by atoms with Crippen LogP contribution in [0.3, 0.4) is 0 Å². The summed E-state index contributed by atoms with van der Waals surface area (Å²) in [5.74, 6) is 0.0225. The third-order valence-electron chi connectivity index (χ3n) is 5.64. The SMILES string of the molecule is O=C(c1ccc(-c2ccc(F)cc2)o1)N1CC[C@@H](O)[C@@H](O)[C@H](N2CCOCC2)C1. The van der Waals surface area contributed by atoms with Gasteiger partial charge in [0.05, 0.1) is 31.5 Å². The van der Waals surface area contributed by atoms with Crippen molar-refractivity contribution in [3.8, 4) is 11.3 Å². The van der Waals surface area contributed by atoms with Crippen molar-refractivity contribution in [3.63, 3.8) is 0 Å². The Morgan fingerprint density at radius 3 is 2.48 bits per heavy atom. The molecule has 2 aromatic rings. The molecule has 0 spiro atoms. The van der Waals surface area contributed by atoms with Crippen LogP contribution in [0.2, 0.25) is 0 Å². The first-order chi connectivity index (χ1) is 14.0. The summed E-state index contributed by atoms with van der Waals surface area (Å²) < 4.78 is 24.2. The predicted octanol–water partition coefficient (Wildman–Crippen LogP) is 1.35. The van der Waals surface area contributed by atoms with Gasteiger partial charge in [-0.25, -0.2) is 4.39 Å². The molecule has 2 saturated heterocycles. The van der Waals surface area contributed by atoms with Gasteiger partial charge in [0.25, 0.3) is 5.91 Å². The number of carbonyl (C=O) groups excluding carboxylic acids is 1. The summed E-state index contributed by atoms with van der Waals surface area (Å²) in [6, 6.07) is 8.77. The van der Waals surface area contributed by atoms with Crippen molar-refractivity contribution in [2.75, 3.05) is 39.4 Å². The molecule has 2 aliphatic heterocycles. The van der Waals surface area contributed by atoms with Gasteiger partial charge in [-0.05, 0) is 42.8 Å². The number of benzene rings is 1. The lowest BCUT2D eigenvalue weighted by Crippen LogP contribution is -2.55. The highest BCUT2D eigenvalue weighted by molar-refractivity contribution is 5.92. The Balaban J connectivity index is 1.52. The van der Waals surface area contributed by atoms with Crippen molar-refractivity contribution >= 4 is 5.91 Å². The molecule has 3 atom stereocenters. The quantitative estimate of drug-likeness (QED) is 0.803. The Labute approximate surface area is 168 Å². The van der Waals surface area contributed by atoms with Crippen molar-refractivity contribution in [1.82, 2.24) is 9.80 Å². The maximum Gasteiger partial charge on any atom is 0.289 e. The molecular formula is C21H25FN2O5. The summed E-state index contributed by atoms with van der Waals surface area (Å²) >= 11 is 0. The Kier molecular flexibility index (Phi) is 5.96. The van der Waals surface area contributed by atoms with Gasteiger partial charge in [0.1, 0.15) is 11.6 Å². The summed E-state index contributed by atoms with van der Waals surface area (Å²) in [6.45, 7) is 3.03. The fourth-order valence-corrected chi connectivity index (χ4v) is 3.94. The summed E-state index contributed by atoms with van der Waals surface area (Å²) in [6.07, 6.45) is -1.54. The van der Waals surface area contributed by atoms with Crippen molar-refractivity contribution in [2.24, 2.45) is 0 Å². The Hall–Kier alpha value is -2.26. The van der Waals surface area contributed by atoms with Gasteiger partial charge in [-0.1, -0.05) is 0 Å². The molecule has 8 heteroatoms. The fourth-order valence-electron chi connectivity index (χ4n) is 3.94. The van der Waals surface area contributed by atoms with Crippen LogP contribution < -0.4 is 0 Å². The van der Waals surface area contributed by atoms with E-state index in [4.69, 9.17) is 9.15 Å². The zero-order valence-corrected chi connectivity index (χ0v) is 16.0. The van der Waals surface area contributed by atoms with Gasteiger partial charge in [0, 0.05) is 31.7 Å². The van der Waals surface area contributed by atoms with E-state index < -0.39 is 12.2 Å². The first kappa shape index (κ1) is 20.0. The van der Waals surface area contributed by atoms with Crippen molar-refractivity contribution < 1.29 is 28.6 Å². The number of morpholine rings is 1. The van der Waals surface area contributed by atoms with E-state index in [-0.39, 0.29) is 23.5 Å². The minimum atomic E-state index is -0.933. The molecular weight excluding hydrogens is 379 g/mol. The van der Waals surface area contributed by atoms with Crippen LogP contribution in [-0.4, -0.2) is 83.6 Å². The molecule has 1 aromatic carbocycles. The molecule has 0 unspecified atom stereocenters. The van der Waals surface area contributed by atoms with Gasteiger partial charge in [-0.3, -0.25) is 9.69 Å². The second-order valence-electron chi connectivity index (χ2n) is 7.48. The van der Waals surface area contributed by atoms with Gasteiger partial charge < -0.3 is 24.3 Å². The van der Waals surface area contributed by atoms with Gasteiger partial charge in [0.2, 0.25) is 0 Å². The summed E-state index contributed by atoms with van der Waals surface area (Å²) in [7, 11) is 0. The molecule has 0 bridgehead atoms. The molecule has 1 amide bonds. The van der Waals surface area contributed by atoms with Crippen LogP contribution in [0.4, 0.5) is 4.39 Å². The smallest absolute Gasteiger partial charge is 0.289 e. The van der Waals surface area contributed by atoms with Gasteiger partial charge >= 0.3 is 0 Å². The lowest BCUT2D eigenvalue weighted by molar-refractivity contribution is -0.0609. The maximum atomic E-state index is 13.1. The molecule has 7 nitrogen and oxygen atoms in total. The van der Waals surface area contributed by atoms with E-state index in [0.717, 1.165) is 0 Å². The van der Waals surface area contributed by atoms with E-state index in [1.54, 1.807) is 29.2 Å². The van der Waals surface area contributed by atoms with Crippen molar-refractivity contribution in [1.29, 1.82) is 0 Å². The summed E-state index contributed by atoms with van der Waals surface area (Å²) in [5.41, 5.74) is 0.679. The number of aliphatic hydroxyl groups is 2.